The molecule has 0 amide bonds. The molecule has 2 aliphatic heterocycles. The van der Waals surface area contributed by atoms with Gasteiger partial charge in [0.2, 0.25) is 0 Å². The third kappa shape index (κ3) is 4.77. The van der Waals surface area contributed by atoms with Crippen molar-refractivity contribution >= 4 is 5.97 Å². The minimum absolute atomic E-state index is 0.0302. The van der Waals surface area contributed by atoms with Gasteiger partial charge < -0.3 is 29.2 Å². The lowest BCUT2D eigenvalue weighted by Crippen LogP contribution is -2.56. The highest BCUT2D eigenvalue weighted by Crippen LogP contribution is 2.87. The van der Waals surface area contributed by atoms with Gasteiger partial charge in [-0.1, -0.05) is 20.8 Å². The van der Waals surface area contributed by atoms with Gasteiger partial charge in [-0.25, -0.2) is 0 Å². The summed E-state index contributed by atoms with van der Waals surface area (Å²) in [6.45, 7) is 15.6. The SMILES string of the molecule is CCOC(C1CCC2C(CC3C4CCC5C(C)(C)C(OC6CN(CC(=O)O)CCO6)CCC56CC46CCC23C)O1)C(C)(C)O. The highest BCUT2D eigenvalue weighted by molar-refractivity contribution is 5.69. The maximum atomic E-state index is 11.3. The van der Waals surface area contributed by atoms with Crippen LogP contribution in [0.25, 0.3) is 0 Å². The second-order valence-corrected chi connectivity index (χ2v) is 17.4. The number of aliphatic carboxylic acids is 1. The lowest BCUT2D eigenvalue weighted by molar-refractivity contribution is -0.245. The maximum absolute atomic E-state index is 11.3. The van der Waals surface area contributed by atoms with Crippen molar-refractivity contribution in [3.05, 3.63) is 0 Å². The fourth-order valence-corrected chi connectivity index (χ4v) is 12.9. The summed E-state index contributed by atoms with van der Waals surface area (Å²) in [6, 6.07) is 0. The number of nitrogens with zero attached hydrogens (tertiary/aromatic N) is 1. The van der Waals surface area contributed by atoms with Gasteiger partial charge in [-0.3, -0.25) is 9.69 Å². The van der Waals surface area contributed by atoms with Crippen LogP contribution in [0.5, 0.6) is 0 Å². The highest BCUT2D eigenvalue weighted by atomic mass is 16.7. The zero-order valence-corrected chi connectivity index (χ0v) is 28.2. The number of carbonyl (C=O) groups is 1. The summed E-state index contributed by atoms with van der Waals surface area (Å²) in [5, 5.41) is 20.2. The molecule has 12 unspecified atom stereocenters. The zero-order valence-electron chi connectivity index (χ0n) is 28.2. The molecule has 250 valence electrons. The van der Waals surface area contributed by atoms with E-state index in [1.54, 1.807) is 0 Å². The molecule has 2 saturated heterocycles. The molecule has 7 rings (SSSR count). The summed E-state index contributed by atoms with van der Waals surface area (Å²) < 4.78 is 25.8. The van der Waals surface area contributed by atoms with Crippen LogP contribution in [0.3, 0.4) is 0 Å². The van der Waals surface area contributed by atoms with Crippen LogP contribution in [-0.4, -0.2) is 90.2 Å². The second kappa shape index (κ2) is 10.9. The van der Waals surface area contributed by atoms with Crippen LogP contribution in [0, 0.1) is 45.3 Å². The molecule has 8 nitrogen and oxygen atoms in total. The number of carboxylic acid groups (broad SMARTS) is 1. The van der Waals surface area contributed by atoms with Crippen LogP contribution in [0.1, 0.15) is 106 Å². The number of fused-ring (bicyclic) bond motifs is 4. The van der Waals surface area contributed by atoms with Gasteiger partial charge >= 0.3 is 5.97 Å². The minimum atomic E-state index is -0.915. The number of hydrogen-bond donors (Lipinski definition) is 2. The minimum Gasteiger partial charge on any atom is -0.480 e. The quantitative estimate of drug-likeness (QED) is 0.369. The average Bonchev–Trinajstić information content (AvgIpc) is 3.52. The van der Waals surface area contributed by atoms with Crippen molar-refractivity contribution in [2.75, 3.05) is 32.8 Å². The first-order chi connectivity index (χ1) is 20.7. The van der Waals surface area contributed by atoms with E-state index in [9.17, 15) is 15.0 Å². The summed E-state index contributed by atoms with van der Waals surface area (Å²) in [5.41, 5.74) is 0.435. The standard InChI is InChI=1S/C36H59NO7/c1-7-41-31(33(4,5)40)25-10-8-23-26(43-25)18-24-22-9-11-27-32(2,3)28(44-30-20-37(16-17-42-30)19-29(38)39)12-13-36(27)21-35(22,36)15-14-34(23,24)6/h22-28,30-31,40H,7-21H2,1-6H3,(H,38,39). The predicted octanol–water partition coefficient (Wildman–Crippen LogP) is 5.50. The maximum Gasteiger partial charge on any atom is 0.317 e. The van der Waals surface area contributed by atoms with Gasteiger partial charge in [0.25, 0.3) is 0 Å². The average molecular weight is 618 g/mol. The van der Waals surface area contributed by atoms with Gasteiger partial charge in [-0.15, -0.1) is 0 Å². The molecule has 2 N–H and O–H groups in total. The first kappa shape index (κ1) is 31.8. The molecular formula is C36H59NO7. The van der Waals surface area contributed by atoms with Crippen LogP contribution in [0.15, 0.2) is 0 Å². The van der Waals surface area contributed by atoms with E-state index < -0.39 is 11.6 Å². The summed E-state index contributed by atoms with van der Waals surface area (Å²) >= 11 is 0. The van der Waals surface area contributed by atoms with E-state index in [1.807, 2.05) is 25.7 Å². The summed E-state index contributed by atoms with van der Waals surface area (Å²) in [4.78, 5) is 13.2. The Labute approximate surface area is 264 Å². The highest BCUT2D eigenvalue weighted by Gasteiger charge is 2.80. The van der Waals surface area contributed by atoms with E-state index in [0.717, 1.165) is 24.7 Å². The van der Waals surface area contributed by atoms with Crippen molar-refractivity contribution in [3.63, 3.8) is 0 Å². The molecule has 2 heterocycles. The molecular weight excluding hydrogens is 558 g/mol. The molecule has 7 aliphatic rings. The normalized spacial score (nSPS) is 48.7. The van der Waals surface area contributed by atoms with Gasteiger partial charge in [0.1, 0.15) is 6.10 Å². The van der Waals surface area contributed by atoms with E-state index in [4.69, 9.17) is 18.9 Å². The Kier molecular flexibility index (Phi) is 7.87. The van der Waals surface area contributed by atoms with E-state index in [0.29, 0.717) is 54.4 Å². The van der Waals surface area contributed by atoms with E-state index >= 15 is 0 Å². The lowest BCUT2D eigenvalue weighted by atomic mass is 9.46. The first-order valence-electron chi connectivity index (χ1n) is 18.0. The van der Waals surface area contributed by atoms with E-state index in [2.05, 4.69) is 20.8 Å². The topological polar surface area (TPSA) is 97.7 Å². The smallest absolute Gasteiger partial charge is 0.317 e. The summed E-state index contributed by atoms with van der Waals surface area (Å²) in [5.74, 6) is 2.01. The number of rotatable bonds is 8. The third-order valence-corrected chi connectivity index (χ3v) is 14.7. The Balaban J connectivity index is 1.05. The molecule has 2 spiro atoms. The Bertz CT molecular complexity index is 1110. The van der Waals surface area contributed by atoms with E-state index in [1.165, 1.54) is 51.4 Å². The van der Waals surface area contributed by atoms with Crippen molar-refractivity contribution in [2.24, 2.45) is 45.3 Å². The molecule has 0 aromatic carbocycles. The van der Waals surface area contributed by atoms with Crippen LogP contribution in [-0.2, 0) is 23.7 Å². The van der Waals surface area contributed by atoms with Gasteiger partial charge in [0.15, 0.2) is 6.29 Å². The van der Waals surface area contributed by atoms with Gasteiger partial charge in [0, 0.05) is 13.2 Å². The Morgan fingerprint density at radius 2 is 1.80 bits per heavy atom. The molecule has 0 aromatic heterocycles. The summed E-state index contributed by atoms with van der Waals surface area (Å²) in [7, 11) is 0. The Hall–Kier alpha value is -0.770. The second-order valence-electron chi connectivity index (χ2n) is 17.4. The van der Waals surface area contributed by atoms with E-state index in [-0.39, 0.29) is 42.7 Å². The molecule has 7 fully saturated rings. The van der Waals surface area contributed by atoms with Gasteiger partial charge in [-0.05, 0) is 130 Å². The fourth-order valence-electron chi connectivity index (χ4n) is 12.9. The molecule has 8 heteroatoms. The van der Waals surface area contributed by atoms with Crippen LogP contribution in [0.2, 0.25) is 0 Å². The molecule has 0 radical (unpaired) electrons. The number of morpholine rings is 1. The molecule has 0 aromatic rings. The lowest BCUT2D eigenvalue weighted by Gasteiger charge is -2.60. The zero-order chi connectivity index (χ0) is 31.3. The van der Waals surface area contributed by atoms with Crippen molar-refractivity contribution in [1.82, 2.24) is 4.90 Å². The summed E-state index contributed by atoms with van der Waals surface area (Å²) in [6.07, 6.45) is 12.2. The molecule has 5 aliphatic carbocycles. The van der Waals surface area contributed by atoms with Crippen LogP contribution in [0.4, 0.5) is 0 Å². The number of carboxylic acids is 1. The van der Waals surface area contributed by atoms with Crippen LogP contribution >= 0.6 is 0 Å². The Morgan fingerprint density at radius 1 is 1.02 bits per heavy atom. The van der Waals surface area contributed by atoms with Crippen molar-refractivity contribution in [1.29, 1.82) is 0 Å². The predicted molar refractivity (Wildman–Crippen MR) is 166 cm³/mol. The third-order valence-electron chi connectivity index (χ3n) is 14.7. The molecule has 0 bridgehead atoms. The van der Waals surface area contributed by atoms with Crippen molar-refractivity contribution in [2.45, 2.75) is 142 Å². The number of ether oxygens (including phenoxy) is 4. The number of hydrogen-bond acceptors (Lipinski definition) is 7. The molecule has 12 atom stereocenters. The molecule has 5 saturated carbocycles. The number of aliphatic hydroxyl groups is 1. The van der Waals surface area contributed by atoms with Gasteiger partial charge in [-0.2, -0.15) is 0 Å². The monoisotopic (exact) mass is 617 g/mol. The fraction of sp³-hybridized carbons (Fsp3) is 0.972. The van der Waals surface area contributed by atoms with Gasteiger partial charge in [0.05, 0.1) is 43.6 Å². The first-order valence-corrected chi connectivity index (χ1v) is 18.0. The van der Waals surface area contributed by atoms with Crippen molar-refractivity contribution < 1.29 is 34.0 Å². The largest absolute Gasteiger partial charge is 0.480 e. The van der Waals surface area contributed by atoms with Crippen molar-refractivity contribution in [3.8, 4) is 0 Å². The molecule has 44 heavy (non-hydrogen) atoms. The van der Waals surface area contributed by atoms with Crippen LogP contribution < -0.4 is 0 Å². The Morgan fingerprint density at radius 3 is 2.52 bits per heavy atom.